The van der Waals surface area contributed by atoms with Gasteiger partial charge in [0, 0.05) is 62.1 Å². The monoisotopic (exact) mass is 728 g/mol. The van der Waals surface area contributed by atoms with Crippen molar-refractivity contribution in [3.05, 3.63) is 158 Å². The van der Waals surface area contributed by atoms with E-state index in [9.17, 15) is 18.8 Å². The topological polar surface area (TPSA) is 139 Å². The number of aromatic amines is 1. The molecule has 0 amide bonds. The van der Waals surface area contributed by atoms with E-state index in [1.807, 2.05) is 30.3 Å². The molecule has 13 nitrogen and oxygen atoms in total. The Labute approximate surface area is 306 Å². The van der Waals surface area contributed by atoms with Gasteiger partial charge in [-0.05, 0) is 66.2 Å². The second kappa shape index (κ2) is 14.4. The van der Waals surface area contributed by atoms with E-state index >= 15 is 4.39 Å². The number of hydrogen-bond acceptors (Lipinski definition) is 9. The maximum Gasteiger partial charge on any atom is 0.329 e. The Kier molecular flexibility index (Phi) is 9.13. The van der Waals surface area contributed by atoms with E-state index in [0.29, 0.717) is 53.6 Å². The smallest absolute Gasteiger partial charge is 0.329 e. The zero-order valence-corrected chi connectivity index (χ0v) is 29.0. The van der Waals surface area contributed by atoms with Crippen LogP contribution in [0.1, 0.15) is 11.1 Å². The summed E-state index contributed by atoms with van der Waals surface area (Å²) >= 11 is 0. The predicted molar refractivity (Wildman–Crippen MR) is 203 cm³/mol. The molecule has 1 saturated heterocycles. The third-order valence-corrected chi connectivity index (χ3v) is 9.52. The number of allylic oxidation sites excluding steroid dienone is 1. The van der Waals surface area contributed by atoms with Crippen LogP contribution in [0.4, 0.5) is 26.1 Å². The van der Waals surface area contributed by atoms with Gasteiger partial charge in [-0.3, -0.25) is 24.0 Å². The summed E-state index contributed by atoms with van der Waals surface area (Å²) in [6.45, 7) is 7.33. The van der Waals surface area contributed by atoms with Crippen molar-refractivity contribution in [1.82, 2.24) is 38.8 Å². The van der Waals surface area contributed by atoms with Gasteiger partial charge in [-0.25, -0.2) is 32.9 Å². The summed E-state index contributed by atoms with van der Waals surface area (Å²) in [5.74, 6) is -0.198. The number of hydrogen-bond donors (Lipinski definition) is 2. The Balaban J connectivity index is 0.926. The molecule has 4 aromatic heterocycles. The number of pyridine rings is 1. The second-order valence-electron chi connectivity index (χ2n) is 12.9. The molecule has 1 aliphatic heterocycles. The van der Waals surface area contributed by atoms with Gasteiger partial charge in [0.05, 0.1) is 24.0 Å². The Morgan fingerprint density at radius 1 is 0.870 bits per heavy atom. The van der Waals surface area contributed by atoms with Crippen molar-refractivity contribution in [2.24, 2.45) is 0 Å². The molecule has 54 heavy (non-hydrogen) atoms. The minimum absolute atomic E-state index is 0.0394. The lowest BCUT2D eigenvalue weighted by molar-refractivity contribution is 0.246. The molecular weight excluding hydrogens is 694 g/mol. The molecule has 0 saturated carbocycles. The van der Waals surface area contributed by atoms with Crippen LogP contribution >= 0.6 is 0 Å². The van der Waals surface area contributed by atoms with E-state index < -0.39 is 17.1 Å². The molecule has 0 unspecified atom stereocenters. The van der Waals surface area contributed by atoms with Gasteiger partial charge >= 0.3 is 5.69 Å². The van der Waals surface area contributed by atoms with E-state index in [0.717, 1.165) is 24.5 Å². The van der Waals surface area contributed by atoms with Crippen molar-refractivity contribution in [2.75, 3.05) is 36.4 Å². The largest absolute Gasteiger partial charge is 0.369 e. The van der Waals surface area contributed by atoms with Gasteiger partial charge in [0.15, 0.2) is 11.5 Å². The van der Waals surface area contributed by atoms with Crippen molar-refractivity contribution >= 4 is 39.3 Å². The van der Waals surface area contributed by atoms with Crippen molar-refractivity contribution in [2.45, 2.75) is 19.6 Å². The van der Waals surface area contributed by atoms with Crippen LogP contribution in [-0.4, -0.2) is 64.9 Å². The van der Waals surface area contributed by atoms with E-state index in [2.05, 4.69) is 41.6 Å². The maximum absolute atomic E-state index is 15.0. The Hall–Kier alpha value is -6.74. The third kappa shape index (κ3) is 6.56. The van der Waals surface area contributed by atoms with E-state index in [-0.39, 0.29) is 35.4 Å². The first-order chi connectivity index (χ1) is 26.3. The van der Waals surface area contributed by atoms with Crippen LogP contribution in [-0.2, 0) is 19.6 Å². The highest BCUT2D eigenvalue weighted by atomic mass is 19.1. The lowest BCUT2D eigenvalue weighted by atomic mass is 10.1. The van der Waals surface area contributed by atoms with Crippen molar-refractivity contribution in [3.8, 4) is 5.82 Å². The molecule has 1 aliphatic rings. The summed E-state index contributed by atoms with van der Waals surface area (Å²) < 4.78 is 33.9. The minimum Gasteiger partial charge on any atom is -0.369 e. The molecule has 272 valence electrons. The van der Waals surface area contributed by atoms with Crippen LogP contribution in [0.5, 0.6) is 0 Å². The number of benzene rings is 3. The second-order valence-corrected chi connectivity index (χ2v) is 12.9. The Bertz CT molecular complexity index is 2700. The van der Waals surface area contributed by atoms with Crippen molar-refractivity contribution in [3.63, 3.8) is 0 Å². The molecule has 3 aromatic carbocycles. The number of rotatable bonds is 10. The Morgan fingerprint density at radius 3 is 2.44 bits per heavy atom. The van der Waals surface area contributed by atoms with Gasteiger partial charge < -0.3 is 10.2 Å². The summed E-state index contributed by atoms with van der Waals surface area (Å²) in [5.41, 5.74) is 1.85. The molecule has 7 aromatic rings. The van der Waals surface area contributed by atoms with E-state index in [1.165, 1.54) is 39.7 Å². The highest BCUT2D eigenvalue weighted by Gasteiger charge is 2.21. The number of H-pyrrole nitrogens is 1. The number of halogens is 2. The third-order valence-electron chi connectivity index (χ3n) is 9.52. The van der Waals surface area contributed by atoms with E-state index in [4.69, 9.17) is 0 Å². The first-order valence-corrected chi connectivity index (χ1v) is 17.3. The summed E-state index contributed by atoms with van der Waals surface area (Å²) in [4.78, 5) is 58.2. The first kappa shape index (κ1) is 34.4. The van der Waals surface area contributed by atoms with Crippen LogP contribution in [0.3, 0.4) is 0 Å². The standard InChI is InChI=1S/C39H34F2N10O3/c1-2-16-50-37(53)29-22-43-38(45-35(29)51(50)33-8-3-4-15-42-33)44-27-10-12-28(13-11-27)48-19-17-47(18-20-48)24-26-21-25(9-14-30(26)40)23-49-32-7-5-6-31(41)34(32)36(52)46-39(49)54/h2-15,21-22H,1,16-20,23-24H2,(H,43,44,45)(H,46,52,54). The molecule has 15 heteroatoms. The van der Waals surface area contributed by atoms with Crippen molar-refractivity contribution < 1.29 is 8.78 Å². The lowest BCUT2D eigenvalue weighted by Gasteiger charge is -2.36. The lowest BCUT2D eigenvalue weighted by Crippen LogP contribution is -2.46. The SMILES string of the molecule is C=CCn1c(=O)c2cnc(Nc3ccc(N4CCN(Cc5cc(Cn6c(=O)[nH]c(=O)c7c(F)cccc76)ccc5F)CC4)cc3)nc2n1-c1ccccn1. The fraction of sp³-hybridized carbons (Fsp3) is 0.179. The number of aromatic nitrogens is 7. The van der Waals surface area contributed by atoms with Crippen LogP contribution < -0.4 is 27.0 Å². The number of nitrogens with one attached hydrogen (secondary N) is 2. The molecule has 0 aliphatic carbocycles. The van der Waals surface area contributed by atoms with Crippen molar-refractivity contribution in [1.29, 1.82) is 0 Å². The Morgan fingerprint density at radius 2 is 1.69 bits per heavy atom. The molecule has 2 N–H and O–H groups in total. The highest BCUT2D eigenvalue weighted by Crippen LogP contribution is 2.24. The molecule has 0 bridgehead atoms. The number of piperazine rings is 1. The normalized spacial score (nSPS) is 13.5. The number of nitrogens with zero attached hydrogens (tertiary/aromatic N) is 8. The molecule has 0 atom stereocenters. The van der Waals surface area contributed by atoms with E-state index in [1.54, 1.807) is 41.2 Å². The first-order valence-electron chi connectivity index (χ1n) is 17.3. The molecule has 0 radical (unpaired) electrons. The number of anilines is 3. The molecule has 1 fully saturated rings. The summed E-state index contributed by atoms with van der Waals surface area (Å²) in [7, 11) is 0. The quantitative estimate of drug-likeness (QED) is 0.194. The fourth-order valence-corrected chi connectivity index (χ4v) is 6.86. The summed E-state index contributed by atoms with van der Waals surface area (Å²) in [5, 5.41) is 3.41. The van der Waals surface area contributed by atoms with Gasteiger partial charge in [0.1, 0.15) is 17.0 Å². The predicted octanol–water partition coefficient (Wildman–Crippen LogP) is 4.56. The minimum atomic E-state index is -0.786. The van der Waals surface area contributed by atoms with Gasteiger partial charge in [0.25, 0.3) is 11.1 Å². The number of fused-ring (bicyclic) bond motifs is 2. The van der Waals surface area contributed by atoms with Crippen LogP contribution in [0.2, 0.25) is 0 Å². The summed E-state index contributed by atoms with van der Waals surface area (Å²) in [6.07, 6.45) is 4.81. The average Bonchev–Trinajstić information content (AvgIpc) is 3.45. The molecular formula is C39H34F2N10O3. The van der Waals surface area contributed by atoms with Crippen LogP contribution in [0.25, 0.3) is 27.8 Å². The fourth-order valence-electron chi connectivity index (χ4n) is 6.86. The zero-order chi connectivity index (χ0) is 37.3. The average molecular weight is 729 g/mol. The van der Waals surface area contributed by atoms with Crippen LogP contribution in [0.15, 0.2) is 118 Å². The maximum atomic E-state index is 15.0. The highest BCUT2D eigenvalue weighted by molar-refractivity contribution is 5.79. The summed E-state index contributed by atoms with van der Waals surface area (Å²) in [6, 6.07) is 22.2. The molecule has 5 heterocycles. The van der Waals surface area contributed by atoms with Gasteiger partial charge in [-0.15, -0.1) is 6.58 Å². The van der Waals surface area contributed by atoms with Gasteiger partial charge in [-0.1, -0.05) is 24.3 Å². The van der Waals surface area contributed by atoms with Gasteiger partial charge in [0.2, 0.25) is 5.95 Å². The van der Waals surface area contributed by atoms with Gasteiger partial charge in [-0.2, -0.15) is 4.98 Å². The van der Waals surface area contributed by atoms with Crippen LogP contribution in [0, 0.1) is 11.6 Å². The molecule has 8 rings (SSSR count). The zero-order valence-electron chi connectivity index (χ0n) is 29.0. The molecule has 0 spiro atoms.